The van der Waals surface area contributed by atoms with Gasteiger partial charge in [0.2, 0.25) is 0 Å². The molecule has 4 heteroatoms. The van der Waals surface area contributed by atoms with E-state index < -0.39 is 5.60 Å². The standard InChI is InChI=1S/C17H23N3O/c1-12-6-8-17(21,9-7-12)11-20-16-13-4-2-3-5-15(13)19-10-14(16)18/h2-5,10,12,21H,6-9,11,18H2,1H3,(H,19,20). The number of hydrogen-bond acceptors (Lipinski definition) is 4. The van der Waals surface area contributed by atoms with E-state index in [1.807, 2.05) is 24.3 Å². The maximum Gasteiger partial charge on any atom is 0.0819 e. The Kier molecular flexibility index (Phi) is 3.72. The molecule has 4 N–H and O–H groups in total. The van der Waals surface area contributed by atoms with E-state index >= 15 is 0 Å². The first kappa shape index (κ1) is 14.1. The molecule has 21 heavy (non-hydrogen) atoms. The Morgan fingerprint density at radius 1 is 1.33 bits per heavy atom. The van der Waals surface area contributed by atoms with Crippen molar-refractivity contribution >= 4 is 22.3 Å². The molecule has 2 aromatic rings. The maximum absolute atomic E-state index is 10.7. The fraction of sp³-hybridized carbons (Fsp3) is 0.471. The molecule has 0 atom stereocenters. The molecule has 1 aliphatic carbocycles. The lowest BCUT2D eigenvalue weighted by Gasteiger charge is -2.35. The minimum atomic E-state index is -0.622. The van der Waals surface area contributed by atoms with Crippen LogP contribution in [-0.2, 0) is 0 Å². The summed E-state index contributed by atoms with van der Waals surface area (Å²) in [4.78, 5) is 4.34. The largest absolute Gasteiger partial charge is 0.396 e. The van der Waals surface area contributed by atoms with Gasteiger partial charge in [0.15, 0.2) is 0 Å². The zero-order chi connectivity index (χ0) is 14.9. The second-order valence-electron chi connectivity index (χ2n) is 6.37. The minimum absolute atomic E-state index is 0.540. The lowest BCUT2D eigenvalue weighted by molar-refractivity contribution is 0.00505. The van der Waals surface area contributed by atoms with E-state index in [4.69, 9.17) is 5.73 Å². The number of nitrogens with one attached hydrogen (secondary N) is 1. The summed E-state index contributed by atoms with van der Waals surface area (Å²) in [5.74, 6) is 0.720. The van der Waals surface area contributed by atoms with Gasteiger partial charge in [0.25, 0.3) is 0 Å². The maximum atomic E-state index is 10.7. The molecule has 1 fully saturated rings. The van der Waals surface area contributed by atoms with Crippen LogP contribution in [0.4, 0.5) is 11.4 Å². The molecule has 112 valence electrons. The Hall–Kier alpha value is -1.81. The molecule has 0 bridgehead atoms. The molecule has 1 saturated carbocycles. The van der Waals surface area contributed by atoms with E-state index in [1.54, 1.807) is 6.20 Å². The van der Waals surface area contributed by atoms with Crippen molar-refractivity contribution in [3.63, 3.8) is 0 Å². The highest BCUT2D eigenvalue weighted by Gasteiger charge is 2.31. The quantitative estimate of drug-likeness (QED) is 0.810. The van der Waals surface area contributed by atoms with Crippen molar-refractivity contribution in [2.45, 2.75) is 38.2 Å². The van der Waals surface area contributed by atoms with E-state index in [1.165, 1.54) is 0 Å². The van der Waals surface area contributed by atoms with Gasteiger partial charge in [-0.25, -0.2) is 0 Å². The first-order valence-electron chi connectivity index (χ1n) is 7.67. The van der Waals surface area contributed by atoms with Gasteiger partial charge in [-0.05, 0) is 37.7 Å². The fourth-order valence-corrected chi connectivity index (χ4v) is 3.08. The average Bonchev–Trinajstić information content (AvgIpc) is 2.50. The van der Waals surface area contributed by atoms with Crippen LogP contribution in [0.15, 0.2) is 30.5 Å². The number of hydrogen-bond donors (Lipinski definition) is 3. The molecule has 0 radical (unpaired) electrons. The Morgan fingerprint density at radius 3 is 2.81 bits per heavy atom. The lowest BCUT2D eigenvalue weighted by Crippen LogP contribution is -2.40. The van der Waals surface area contributed by atoms with Crippen LogP contribution in [0.1, 0.15) is 32.6 Å². The number of fused-ring (bicyclic) bond motifs is 1. The van der Waals surface area contributed by atoms with Crippen LogP contribution in [0, 0.1) is 5.92 Å². The SMILES string of the molecule is CC1CCC(O)(CNc2c(N)cnc3ccccc23)CC1. The molecule has 0 amide bonds. The Bertz CT molecular complexity index is 633. The second kappa shape index (κ2) is 5.53. The van der Waals surface area contributed by atoms with Crippen LogP contribution >= 0.6 is 0 Å². The smallest absolute Gasteiger partial charge is 0.0819 e. The molecule has 0 saturated heterocycles. The zero-order valence-electron chi connectivity index (χ0n) is 12.5. The highest BCUT2D eigenvalue weighted by Crippen LogP contribution is 2.33. The molecule has 0 aliphatic heterocycles. The molecule has 0 unspecified atom stereocenters. The number of aliphatic hydroxyl groups is 1. The van der Waals surface area contributed by atoms with Crippen molar-refractivity contribution in [2.24, 2.45) is 5.92 Å². The van der Waals surface area contributed by atoms with Gasteiger partial charge >= 0.3 is 0 Å². The molecule has 4 nitrogen and oxygen atoms in total. The summed E-state index contributed by atoms with van der Waals surface area (Å²) in [6, 6.07) is 7.92. The summed E-state index contributed by atoms with van der Waals surface area (Å²) in [5, 5.41) is 15.1. The summed E-state index contributed by atoms with van der Waals surface area (Å²) in [6.07, 6.45) is 5.56. The van der Waals surface area contributed by atoms with Crippen LogP contribution < -0.4 is 11.1 Å². The first-order chi connectivity index (χ1) is 10.1. The van der Waals surface area contributed by atoms with Crippen LogP contribution in [0.5, 0.6) is 0 Å². The minimum Gasteiger partial charge on any atom is -0.396 e. The van der Waals surface area contributed by atoms with Crippen LogP contribution in [-0.4, -0.2) is 22.2 Å². The van der Waals surface area contributed by atoms with Gasteiger partial charge in [0, 0.05) is 11.9 Å². The zero-order valence-corrected chi connectivity index (χ0v) is 12.5. The first-order valence-corrected chi connectivity index (χ1v) is 7.67. The van der Waals surface area contributed by atoms with Crippen molar-refractivity contribution in [3.05, 3.63) is 30.5 Å². The van der Waals surface area contributed by atoms with Crippen LogP contribution in [0.3, 0.4) is 0 Å². The number of para-hydroxylation sites is 1. The third-order valence-corrected chi connectivity index (χ3v) is 4.60. The number of nitrogens with zero attached hydrogens (tertiary/aromatic N) is 1. The number of benzene rings is 1. The Balaban J connectivity index is 1.80. The summed E-state index contributed by atoms with van der Waals surface area (Å²) in [5.41, 5.74) is 7.86. The second-order valence-corrected chi connectivity index (χ2v) is 6.37. The number of aromatic nitrogens is 1. The van der Waals surface area contributed by atoms with Crippen molar-refractivity contribution in [1.82, 2.24) is 4.98 Å². The predicted octanol–water partition coefficient (Wildman–Crippen LogP) is 3.17. The van der Waals surface area contributed by atoms with Crippen molar-refractivity contribution < 1.29 is 5.11 Å². The molecule has 1 aromatic heterocycles. The summed E-state index contributed by atoms with van der Waals surface area (Å²) >= 11 is 0. The van der Waals surface area contributed by atoms with Gasteiger partial charge in [-0.1, -0.05) is 25.1 Å². The van der Waals surface area contributed by atoms with Crippen molar-refractivity contribution in [3.8, 4) is 0 Å². The fourth-order valence-electron chi connectivity index (χ4n) is 3.08. The van der Waals surface area contributed by atoms with Gasteiger partial charge in [-0.15, -0.1) is 0 Å². The van der Waals surface area contributed by atoms with Crippen LogP contribution in [0.2, 0.25) is 0 Å². The number of rotatable bonds is 3. The van der Waals surface area contributed by atoms with E-state index in [0.29, 0.717) is 12.2 Å². The normalized spacial score (nSPS) is 25.9. The topological polar surface area (TPSA) is 71.2 Å². The molecule has 1 heterocycles. The third kappa shape index (κ3) is 2.95. The van der Waals surface area contributed by atoms with E-state index in [-0.39, 0.29) is 0 Å². The Morgan fingerprint density at radius 2 is 2.05 bits per heavy atom. The van der Waals surface area contributed by atoms with Gasteiger partial charge in [0.1, 0.15) is 0 Å². The van der Waals surface area contributed by atoms with Gasteiger partial charge in [-0.3, -0.25) is 4.98 Å². The highest BCUT2D eigenvalue weighted by molar-refractivity contribution is 5.96. The number of anilines is 2. The molecule has 1 aliphatic rings. The summed E-state index contributed by atoms with van der Waals surface area (Å²) in [7, 11) is 0. The molecule has 1 aromatic carbocycles. The van der Waals surface area contributed by atoms with Crippen molar-refractivity contribution in [1.29, 1.82) is 0 Å². The van der Waals surface area contributed by atoms with Gasteiger partial charge < -0.3 is 16.2 Å². The summed E-state index contributed by atoms with van der Waals surface area (Å²) in [6.45, 7) is 2.79. The molecule has 3 rings (SSSR count). The van der Waals surface area contributed by atoms with Gasteiger partial charge in [0.05, 0.1) is 28.7 Å². The summed E-state index contributed by atoms with van der Waals surface area (Å²) < 4.78 is 0. The molecular weight excluding hydrogens is 262 g/mol. The van der Waals surface area contributed by atoms with Crippen molar-refractivity contribution in [2.75, 3.05) is 17.6 Å². The molecule has 0 spiro atoms. The van der Waals surface area contributed by atoms with E-state index in [2.05, 4.69) is 17.2 Å². The van der Waals surface area contributed by atoms with Crippen LogP contribution in [0.25, 0.3) is 10.9 Å². The number of pyridine rings is 1. The number of nitrogens with two attached hydrogens (primary N) is 1. The Labute approximate surface area is 125 Å². The highest BCUT2D eigenvalue weighted by atomic mass is 16.3. The van der Waals surface area contributed by atoms with E-state index in [9.17, 15) is 5.11 Å². The third-order valence-electron chi connectivity index (χ3n) is 4.60. The average molecular weight is 285 g/mol. The molecular formula is C17H23N3O. The lowest BCUT2D eigenvalue weighted by atomic mass is 9.79. The predicted molar refractivity (Wildman–Crippen MR) is 87.2 cm³/mol. The van der Waals surface area contributed by atoms with E-state index in [0.717, 1.165) is 48.2 Å². The van der Waals surface area contributed by atoms with Gasteiger partial charge in [-0.2, -0.15) is 0 Å². The number of nitrogen functional groups attached to an aromatic ring is 1. The monoisotopic (exact) mass is 285 g/mol.